The second-order valence-corrected chi connectivity index (χ2v) is 7.72. The number of likely N-dealkylation sites (tertiary alicyclic amines) is 1. The molecule has 0 aliphatic carbocycles. The molecule has 4 nitrogen and oxygen atoms in total. The Bertz CT molecular complexity index is 740. The lowest BCUT2D eigenvalue weighted by atomic mass is 9.74. The minimum absolute atomic E-state index is 0.0957. The first kappa shape index (κ1) is 17.7. The highest BCUT2D eigenvalue weighted by atomic mass is 32.1. The number of nitrogens with two attached hydrogens (primary N) is 1. The first-order valence-corrected chi connectivity index (χ1v) is 9.62. The molecule has 0 unspecified atom stereocenters. The number of piperidine rings is 1. The van der Waals surface area contributed by atoms with Gasteiger partial charge in [0.1, 0.15) is 0 Å². The fraction of sp³-hybridized carbons (Fsp3) is 0.400. The van der Waals surface area contributed by atoms with E-state index in [1.165, 1.54) is 10.4 Å². The molecule has 1 aromatic heterocycles. The molecular weight excluding hydrogens is 332 g/mol. The van der Waals surface area contributed by atoms with Crippen molar-refractivity contribution in [2.45, 2.75) is 32.6 Å². The fourth-order valence-corrected chi connectivity index (χ4v) is 4.35. The average Bonchev–Trinajstić information content (AvgIpc) is 3.16. The molecule has 5 heteroatoms. The smallest absolute Gasteiger partial charge is 0.225 e. The Hall–Kier alpha value is -2.14. The molecule has 2 N–H and O–H groups in total. The minimum atomic E-state index is -0.659. The molecule has 3 rings (SSSR count). The van der Waals surface area contributed by atoms with Gasteiger partial charge in [0.15, 0.2) is 0 Å². The molecule has 2 heterocycles. The van der Waals surface area contributed by atoms with E-state index in [2.05, 4.69) is 35.7 Å². The van der Waals surface area contributed by atoms with Gasteiger partial charge >= 0.3 is 0 Å². The van der Waals surface area contributed by atoms with Gasteiger partial charge in [0.25, 0.3) is 0 Å². The van der Waals surface area contributed by atoms with Crippen LogP contribution in [0.15, 0.2) is 41.8 Å². The zero-order valence-electron chi connectivity index (χ0n) is 14.5. The third kappa shape index (κ3) is 3.76. The Morgan fingerprint density at radius 3 is 2.60 bits per heavy atom. The second kappa shape index (κ2) is 7.40. The first-order chi connectivity index (χ1) is 12.0. The van der Waals surface area contributed by atoms with Gasteiger partial charge in [-0.15, -0.1) is 11.3 Å². The fourth-order valence-electron chi connectivity index (χ4n) is 3.62. The van der Waals surface area contributed by atoms with Gasteiger partial charge in [-0.1, -0.05) is 37.3 Å². The summed E-state index contributed by atoms with van der Waals surface area (Å²) in [6.07, 6.45) is 2.61. The van der Waals surface area contributed by atoms with Crippen LogP contribution in [0, 0.1) is 5.41 Å². The largest absolute Gasteiger partial charge is 0.369 e. The summed E-state index contributed by atoms with van der Waals surface area (Å²) in [6.45, 7) is 3.01. The van der Waals surface area contributed by atoms with Crippen LogP contribution in [-0.2, 0) is 16.0 Å². The van der Waals surface area contributed by atoms with Crippen molar-refractivity contribution >= 4 is 23.2 Å². The monoisotopic (exact) mass is 356 g/mol. The zero-order valence-corrected chi connectivity index (χ0v) is 15.3. The van der Waals surface area contributed by atoms with Crippen LogP contribution in [0.25, 0.3) is 10.4 Å². The summed E-state index contributed by atoms with van der Waals surface area (Å²) < 4.78 is 0. The molecule has 0 spiro atoms. The Morgan fingerprint density at radius 1 is 1.24 bits per heavy atom. The van der Waals surface area contributed by atoms with E-state index >= 15 is 0 Å². The number of carbonyl (C=O) groups is 2. The van der Waals surface area contributed by atoms with E-state index in [1.54, 1.807) is 16.2 Å². The van der Waals surface area contributed by atoms with Crippen molar-refractivity contribution in [3.8, 4) is 10.4 Å². The Morgan fingerprint density at radius 2 is 2.00 bits per heavy atom. The van der Waals surface area contributed by atoms with Crippen LogP contribution >= 0.6 is 11.3 Å². The lowest BCUT2D eigenvalue weighted by Crippen LogP contribution is -2.53. The van der Waals surface area contributed by atoms with E-state index in [0.717, 1.165) is 24.9 Å². The number of hydrogen-bond acceptors (Lipinski definition) is 3. The van der Waals surface area contributed by atoms with Crippen LogP contribution in [-0.4, -0.2) is 29.8 Å². The van der Waals surface area contributed by atoms with Gasteiger partial charge in [-0.2, -0.15) is 0 Å². The molecule has 25 heavy (non-hydrogen) atoms. The maximum absolute atomic E-state index is 12.3. The summed E-state index contributed by atoms with van der Waals surface area (Å²) >= 11 is 1.71. The molecule has 0 saturated carbocycles. The average molecular weight is 356 g/mol. The topological polar surface area (TPSA) is 63.4 Å². The van der Waals surface area contributed by atoms with Crippen molar-refractivity contribution in [1.29, 1.82) is 0 Å². The van der Waals surface area contributed by atoms with Crippen molar-refractivity contribution in [3.63, 3.8) is 0 Å². The van der Waals surface area contributed by atoms with Gasteiger partial charge < -0.3 is 10.6 Å². The number of nitrogens with zero attached hydrogens (tertiary/aromatic N) is 1. The van der Waals surface area contributed by atoms with Crippen molar-refractivity contribution < 1.29 is 9.59 Å². The minimum Gasteiger partial charge on any atom is -0.369 e. The zero-order chi connectivity index (χ0) is 17.9. The van der Waals surface area contributed by atoms with Crippen LogP contribution in [0.4, 0.5) is 0 Å². The van der Waals surface area contributed by atoms with Crippen molar-refractivity contribution in [2.24, 2.45) is 11.1 Å². The van der Waals surface area contributed by atoms with Crippen molar-refractivity contribution in [2.75, 3.05) is 13.1 Å². The van der Waals surface area contributed by atoms with Gasteiger partial charge in [-0.3, -0.25) is 9.59 Å². The van der Waals surface area contributed by atoms with Crippen LogP contribution < -0.4 is 5.73 Å². The Kier molecular flexibility index (Phi) is 5.23. The van der Waals surface area contributed by atoms with E-state index in [-0.39, 0.29) is 11.8 Å². The highest BCUT2D eigenvalue weighted by molar-refractivity contribution is 7.13. The van der Waals surface area contributed by atoms with Gasteiger partial charge in [-0.05, 0) is 41.8 Å². The molecule has 0 bridgehead atoms. The lowest BCUT2D eigenvalue weighted by molar-refractivity contribution is -0.139. The third-order valence-corrected chi connectivity index (χ3v) is 5.98. The molecule has 1 aliphatic rings. The summed E-state index contributed by atoms with van der Waals surface area (Å²) in [4.78, 5) is 27.4. The van der Waals surface area contributed by atoms with Crippen LogP contribution in [0.1, 0.15) is 31.7 Å². The number of benzene rings is 1. The molecule has 1 atom stereocenters. The molecule has 132 valence electrons. The molecule has 1 saturated heterocycles. The molecule has 2 aromatic rings. The quantitative estimate of drug-likeness (QED) is 0.892. The molecule has 1 aliphatic heterocycles. The van der Waals surface area contributed by atoms with Gasteiger partial charge in [0.05, 0.1) is 5.41 Å². The first-order valence-electron chi connectivity index (χ1n) is 8.74. The number of thiophene rings is 1. The highest BCUT2D eigenvalue weighted by Gasteiger charge is 2.41. The Balaban J connectivity index is 1.80. The summed E-state index contributed by atoms with van der Waals surface area (Å²) in [6, 6.07) is 12.5. The summed E-state index contributed by atoms with van der Waals surface area (Å²) in [5, 5.41) is 2.06. The van der Waals surface area contributed by atoms with Crippen LogP contribution in [0.3, 0.4) is 0 Å². The number of hydrogen-bond donors (Lipinski definition) is 1. The summed E-state index contributed by atoms with van der Waals surface area (Å²) in [7, 11) is 0. The molecule has 0 radical (unpaired) electrons. The van der Waals surface area contributed by atoms with Crippen molar-refractivity contribution in [3.05, 3.63) is 47.3 Å². The predicted molar refractivity (Wildman–Crippen MR) is 101 cm³/mol. The summed E-state index contributed by atoms with van der Waals surface area (Å²) in [5.74, 6) is -0.207. The van der Waals surface area contributed by atoms with E-state index < -0.39 is 5.41 Å². The predicted octanol–water partition coefficient (Wildman–Crippen LogP) is 3.46. The molecule has 2 amide bonds. The van der Waals surface area contributed by atoms with E-state index in [1.807, 2.05) is 13.0 Å². The standard InChI is InChI=1S/C20H24N2O2S/c1-2-18(23)22-11-4-10-20(14-22,19(21)24)13-15-6-8-16(9-7-15)17-5-3-12-25-17/h3,5-9,12H,2,4,10-11,13-14H2,1H3,(H2,21,24)/t20-/m1/s1. The van der Waals surface area contributed by atoms with Gasteiger partial charge in [0.2, 0.25) is 11.8 Å². The third-order valence-electron chi connectivity index (χ3n) is 5.06. The van der Waals surface area contributed by atoms with Crippen LogP contribution in [0.5, 0.6) is 0 Å². The normalized spacial score (nSPS) is 20.4. The molecular formula is C20H24N2O2S. The van der Waals surface area contributed by atoms with E-state index in [9.17, 15) is 9.59 Å². The summed E-state index contributed by atoms with van der Waals surface area (Å²) in [5.41, 5.74) is 7.39. The molecule has 1 aromatic carbocycles. The van der Waals surface area contributed by atoms with Gasteiger partial charge in [0, 0.05) is 24.4 Å². The molecule has 1 fully saturated rings. The van der Waals surface area contributed by atoms with Crippen LogP contribution in [0.2, 0.25) is 0 Å². The SMILES string of the molecule is CCC(=O)N1CCC[C@](Cc2ccc(-c3cccs3)cc2)(C(N)=O)C1. The van der Waals surface area contributed by atoms with E-state index in [4.69, 9.17) is 5.73 Å². The number of carbonyl (C=O) groups excluding carboxylic acids is 2. The Labute approximate surface area is 152 Å². The maximum Gasteiger partial charge on any atom is 0.225 e. The maximum atomic E-state index is 12.3. The van der Waals surface area contributed by atoms with Gasteiger partial charge in [-0.25, -0.2) is 0 Å². The van der Waals surface area contributed by atoms with Crippen molar-refractivity contribution in [1.82, 2.24) is 4.90 Å². The number of amides is 2. The number of primary amides is 1. The lowest BCUT2D eigenvalue weighted by Gasteiger charge is -2.41. The second-order valence-electron chi connectivity index (χ2n) is 6.77. The van der Waals surface area contributed by atoms with E-state index in [0.29, 0.717) is 19.4 Å². The number of rotatable bonds is 5. The highest BCUT2D eigenvalue weighted by Crippen LogP contribution is 2.34.